The quantitative estimate of drug-likeness (QED) is 0.608. The number of aliphatic hydroxyl groups is 1. The second-order valence-corrected chi connectivity index (χ2v) is 6.51. The minimum absolute atomic E-state index is 0.0707. The van der Waals surface area contributed by atoms with Crippen molar-refractivity contribution < 1.29 is 34.4 Å². The second-order valence-electron chi connectivity index (χ2n) is 6.51. The molecule has 0 aliphatic heterocycles. The second kappa shape index (κ2) is 8.61. The maximum Gasteiger partial charge on any atom is 0.307 e. The fourth-order valence-corrected chi connectivity index (χ4v) is 3.54. The van der Waals surface area contributed by atoms with Crippen molar-refractivity contribution in [1.29, 1.82) is 0 Å². The first kappa shape index (κ1) is 18.2. The first-order valence-corrected chi connectivity index (χ1v) is 8.38. The molecule has 0 saturated heterocycles. The predicted octanol–water partition coefficient (Wildman–Crippen LogP) is 1.62. The number of rotatable bonds is 7. The van der Waals surface area contributed by atoms with E-state index in [1.54, 1.807) is 0 Å². The van der Waals surface area contributed by atoms with Gasteiger partial charge in [0, 0.05) is 0 Å². The van der Waals surface area contributed by atoms with Gasteiger partial charge in [0.1, 0.15) is 0 Å². The Bertz CT molecular complexity index is 405. The Morgan fingerprint density at radius 1 is 0.913 bits per heavy atom. The molecule has 23 heavy (non-hydrogen) atoms. The average Bonchev–Trinajstić information content (AvgIpc) is 2.53. The molecule has 2 aliphatic rings. The van der Waals surface area contributed by atoms with E-state index in [1.165, 1.54) is 6.42 Å². The third-order valence-electron chi connectivity index (χ3n) is 4.81. The Hall–Kier alpha value is -1.18. The van der Waals surface area contributed by atoms with Crippen LogP contribution in [0.1, 0.15) is 51.4 Å². The van der Waals surface area contributed by atoms with Crippen molar-refractivity contribution in [2.45, 2.75) is 69.9 Å². The number of carboxylic acid groups (broad SMARTS) is 2. The maximum absolute atomic E-state index is 11.2. The molecule has 0 radical (unpaired) electrons. The molecule has 2 saturated carbocycles. The highest BCUT2D eigenvalue weighted by Gasteiger charge is 2.40. The Labute approximate surface area is 135 Å². The summed E-state index contributed by atoms with van der Waals surface area (Å²) in [5.41, 5.74) is 0. The maximum atomic E-state index is 11.2. The van der Waals surface area contributed by atoms with Crippen LogP contribution in [0.4, 0.5) is 0 Å². The summed E-state index contributed by atoms with van der Waals surface area (Å²) < 4.78 is 11.1. The third kappa shape index (κ3) is 5.44. The molecule has 0 aromatic heterocycles. The van der Waals surface area contributed by atoms with Gasteiger partial charge in [-0.1, -0.05) is 19.3 Å². The fourth-order valence-electron chi connectivity index (χ4n) is 3.54. The Kier molecular flexibility index (Phi) is 6.80. The number of hydrogen-bond acceptors (Lipinski definition) is 5. The van der Waals surface area contributed by atoms with Gasteiger partial charge >= 0.3 is 11.9 Å². The van der Waals surface area contributed by atoms with Gasteiger partial charge in [0.05, 0.1) is 30.7 Å². The molecule has 0 bridgehead atoms. The molecule has 132 valence electrons. The van der Waals surface area contributed by atoms with E-state index in [4.69, 9.17) is 14.6 Å². The van der Waals surface area contributed by atoms with Crippen molar-refractivity contribution in [1.82, 2.24) is 0 Å². The highest BCUT2D eigenvalue weighted by Crippen LogP contribution is 2.33. The van der Waals surface area contributed by atoms with E-state index in [2.05, 4.69) is 0 Å². The summed E-state index contributed by atoms with van der Waals surface area (Å²) in [5, 5.41) is 28.2. The van der Waals surface area contributed by atoms with Crippen LogP contribution in [0.25, 0.3) is 0 Å². The van der Waals surface area contributed by atoms with Crippen molar-refractivity contribution in [2.75, 3.05) is 6.61 Å². The summed E-state index contributed by atoms with van der Waals surface area (Å²) in [5.74, 6) is -4.07. The zero-order chi connectivity index (χ0) is 16.8. The van der Waals surface area contributed by atoms with E-state index in [9.17, 15) is 19.8 Å². The number of ether oxygens (including phenoxy) is 2. The lowest BCUT2D eigenvalue weighted by molar-refractivity contribution is -0.192. The van der Waals surface area contributed by atoms with Crippen molar-refractivity contribution in [3.63, 3.8) is 0 Å². The number of aliphatic carboxylic acids is 2. The van der Waals surface area contributed by atoms with Gasteiger partial charge in [0.15, 0.2) is 6.29 Å². The summed E-state index contributed by atoms with van der Waals surface area (Å²) in [6.07, 6.45) is 4.90. The summed E-state index contributed by atoms with van der Waals surface area (Å²) in [4.78, 5) is 22.3. The molecule has 7 heteroatoms. The van der Waals surface area contributed by atoms with Gasteiger partial charge in [-0.25, -0.2) is 0 Å². The minimum atomic E-state index is -1.13. The molecule has 7 nitrogen and oxygen atoms in total. The largest absolute Gasteiger partial charge is 0.481 e. The molecular weight excluding hydrogens is 304 g/mol. The summed E-state index contributed by atoms with van der Waals surface area (Å²) >= 11 is 0. The molecule has 0 amide bonds. The van der Waals surface area contributed by atoms with E-state index >= 15 is 0 Å². The van der Waals surface area contributed by atoms with E-state index in [-0.39, 0.29) is 25.6 Å². The van der Waals surface area contributed by atoms with Crippen molar-refractivity contribution in [3.05, 3.63) is 0 Å². The smallest absolute Gasteiger partial charge is 0.307 e. The molecule has 2 aliphatic carbocycles. The van der Waals surface area contributed by atoms with Gasteiger partial charge in [-0.15, -0.1) is 0 Å². The molecular formula is C16H26O7. The topological polar surface area (TPSA) is 113 Å². The van der Waals surface area contributed by atoms with Crippen molar-refractivity contribution in [3.8, 4) is 0 Å². The molecule has 4 atom stereocenters. The van der Waals surface area contributed by atoms with E-state index < -0.39 is 36.2 Å². The Morgan fingerprint density at radius 2 is 1.57 bits per heavy atom. The normalized spacial score (nSPS) is 30.7. The molecule has 4 unspecified atom stereocenters. The first-order valence-electron chi connectivity index (χ1n) is 8.38. The SMILES string of the molecule is O=C(O)C1CCC(OC(O)COC2CCCCC2)CC1C(=O)O. The van der Waals surface area contributed by atoms with Crippen molar-refractivity contribution >= 4 is 11.9 Å². The molecule has 2 fully saturated rings. The number of aliphatic hydroxyl groups excluding tert-OH is 1. The van der Waals surface area contributed by atoms with Crippen LogP contribution < -0.4 is 0 Å². The highest BCUT2D eigenvalue weighted by molar-refractivity contribution is 5.80. The summed E-state index contributed by atoms with van der Waals surface area (Å²) in [7, 11) is 0. The van der Waals surface area contributed by atoms with Crippen LogP contribution in [-0.2, 0) is 19.1 Å². The zero-order valence-electron chi connectivity index (χ0n) is 13.2. The molecule has 0 heterocycles. The Morgan fingerprint density at radius 3 is 2.17 bits per heavy atom. The molecule has 0 aromatic carbocycles. The standard InChI is InChI=1S/C16H26O7/c17-14(9-22-10-4-2-1-3-5-10)23-11-6-7-12(15(18)19)13(8-11)16(20)21/h10-14,17H,1-9H2,(H,18,19)(H,20,21). The van der Waals surface area contributed by atoms with Crippen LogP contribution in [0.15, 0.2) is 0 Å². The molecule has 0 aromatic rings. The van der Waals surface area contributed by atoms with Gasteiger partial charge in [-0.05, 0) is 32.1 Å². The van der Waals surface area contributed by atoms with Crippen LogP contribution in [-0.4, -0.2) is 52.4 Å². The summed E-state index contributed by atoms with van der Waals surface area (Å²) in [6, 6.07) is 0. The Balaban J connectivity index is 1.76. The molecule has 0 spiro atoms. The van der Waals surface area contributed by atoms with Crippen LogP contribution >= 0.6 is 0 Å². The fraction of sp³-hybridized carbons (Fsp3) is 0.875. The lowest BCUT2D eigenvalue weighted by Crippen LogP contribution is -2.40. The number of carbonyl (C=O) groups is 2. The van der Waals surface area contributed by atoms with Gasteiger partial charge in [-0.3, -0.25) is 9.59 Å². The summed E-state index contributed by atoms with van der Waals surface area (Å²) in [6.45, 7) is 0.0707. The van der Waals surface area contributed by atoms with Crippen LogP contribution in [0, 0.1) is 11.8 Å². The van der Waals surface area contributed by atoms with Gasteiger partial charge in [0.2, 0.25) is 0 Å². The lowest BCUT2D eigenvalue weighted by atomic mass is 9.78. The predicted molar refractivity (Wildman–Crippen MR) is 79.8 cm³/mol. The third-order valence-corrected chi connectivity index (χ3v) is 4.81. The van der Waals surface area contributed by atoms with Crippen LogP contribution in [0.2, 0.25) is 0 Å². The van der Waals surface area contributed by atoms with Gasteiger partial charge < -0.3 is 24.8 Å². The monoisotopic (exact) mass is 330 g/mol. The lowest BCUT2D eigenvalue weighted by Gasteiger charge is -2.32. The zero-order valence-corrected chi connectivity index (χ0v) is 13.2. The number of carboxylic acids is 2. The number of hydrogen-bond donors (Lipinski definition) is 3. The van der Waals surface area contributed by atoms with Crippen LogP contribution in [0.3, 0.4) is 0 Å². The van der Waals surface area contributed by atoms with Crippen molar-refractivity contribution in [2.24, 2.45) is 11.8 Å². The molecule has 3 N–H and O–H groups in total. The van der Waals surface area contributed by atoms with Crippen LogP contribution in [0.5, 0.6) is 0 Å². The first-order chi connectivity index (χ1) is 11.0. The highest BCUT2D eigenvalue weighted by atomic mass is 16.6. The van der Waals surface area contributed by atoms with E-state index in [0.29, 0.717) is 6.42 Å². The molecule has 2 rings (SSSR count). The average molecular weight is 330 g/mol. The minimum Gasteiger partial charge on any atom is -0.481 e. The van der Waals surface area contributed by atoms with E-state index in [1.807, 2.05) is 0 Å². The van der Waals surface area contributed by atoms with Gasteiger partial charge in [-0.2, -0.15) is 0 Å². The van der Waals surface area contributed by atoms with Gasteiger partial charge in [0.25, 0.3) is 0 Å². The van der Waals surface area contributed by atoms with E-state index in [0.717, 1.165) is 25.7 Å².